The topological polar surface area (TPSA) is 49.8 Å². The van der Waals surface area contributed by atoms with E-state index in [1.165, 1.54) is 11.8 Å². The Balaban J connectivity index is 2.41. The van der Waals surface area contributed by atoms with E-state index in [1.54, 1.807) is 6.07 Å². The van der Waals surface area contributed by atoms with Crippen molar-refractivity contribution in [2.75, 3.05) is 5.73 Å². The van der Waals surface area contributed by atoms with Gasteiger partial charge in [0.1, 0.15) is 6.07 Å². The summed E-state index contributed by atoms with van der Waals surface area (Å²) in [4.78, 5) is 1.74. The summed E-state index contributed by atoms with van der Waals surface area (Å²) in [5, 5.41) is 9.53. The zero-order valence-corrected chi connectivity index (χ0v) is 10.4. The van der Waals surface area contributed by atoms with Crippen LogP contribution in [0.4, 0.5) is 5.69 Å². The van der Waals surface area contributed by atoms with Gasteiger partial charge in [-0.3, -0.25) is 0 Å². The fraction of sp³-hybridized carbons (Fsp3) is 0. The first-order valence-electron chi connectivity index (χ1n) is 4.93. The lowest BCUT2D eigenvalue weighted by Gasteiger charge is -2.07. The molecular weight excluding hydrogens is 252 g/mol. The standard InChI is InChI=1S/C13H9ClN2S/c14-10-4-3-7-12(9(10)8-15)17-13-6-2-1-5-11(13)16/h1-7H,16H2. The van der Waals surface area contributed by atoms with E-state index in [2.05, 4.69) is 6.07 Å². The molecule has 0 atom stereocenters. The van der Waals surface area contributed by atoms with Crippen LogP contribution in [0, 0.1) is 11.3 Å². The molecular formula is C13H9ClN2S. The molecule has 2 N–H and O–H groups in total. The minimum atomic E-state index is 0.465. The van der Waals surface area contributed by atoms with Crippen LogP contribution in [0.25, 0.3) is 0 Å². The lowest BCUT2D eigenvalue weighted by atomic mass is 10.2. The van der Waals surface area contributed by atoms with Crippen LogP contribution in [0.15, 0.2) is 52.3 Å². The van der Waals surface area contributed by atoms with Gasteiger partial charge in [0.15, 0.2) is 0 Å². The smallest absolute Gasteiger partial charge is 0.102 e. The van der Waals surface area contributed by atoms with Crippen LogP contribution in [-0.4, -0.2) is 0 Å². The number of nitrogens with two attached hydrogens (primary N) is 1. The van der Waals surface area contributed by atoms with E-state index in [0.29, 0.717) is 16.3 Å². The van der Waals surface area contributed by atoms with E-state index >= 15 is 0 Å². The monoisotopic (exact) mass is 260 g/mol. The third-order valence-electron chi connectivity index (χ3n) is 2.23. The molecule has 0 aliphatic carbocycles. The van der Waals surface area contributed by atoms with Crippen LogP contribution in [0.1, 0.15) is 5.56 Å². The molecule has 0 bridgehead atoms. The van der Waals surface area contributed by atoms with Gasteiger partial charge in [0.05, 0.1) is 10.6 Å². The maximum Gasteiger partial charge on any atom is 0.102 e. The molecule has 84 valence electrons. The maximum atomic E-state index is 9.07. The molecule has 2 rings (SSSR count). The van der Waals surface area contributed by atoms with Crippen molar-refractivity contribution in [3.8, 4) is 6.07 Å². The van der Waals surface area contributed by atoms with Gasteiger partial charge in [-0.1, -0.05) is 41.6 Å². The van der Waals surface area contributed by atoms with E-state index in [-0.39, 0.29) is 0 Å². The van der Waals surface area contributed by atoms with Gasteiger partial charge in [-0.15, -0.1) is 0 Å². The third-order valence-corrected chi connectivity index (χ3v) is 3.69. The largest absolute Gasteiger partial charge is 0.398 e. The minimum Gasteiger partial charge on any atom is -0.398 e. The average molecular weight is 261 g/mol. The Labute approximate surface area is 109 Å². The quantitative estimate of drug-likeness (QED) is 0.832. The van der Waals surface area contributed by atoms with Crippen molar-refractivity contribution in [2.24, 2.45) is 0 Å². The number of benzene rings is 2. The molecule has 0 unspecified atom stereocenters. The van der Waals surface area contributed by atoms with Crippen molar-refractivity contribution in [1.82, 2.24) is 0 Å². The SMILES string of the molecule is N#Cc1c(Cl)cccc1Sc1ccccc1N. The van der Waals surface area contributed by atoms with Gasteiger partial charge in [0, 0.05) is 15.5 Å². The average Bonchev–Trinajstić information content (AvgIpc) is 2.32. The van der Waals surface area contributed by atoms with E-state index in [0.717, 1.165) is 9.79 Å². The van der Waals surface area contributed by atoms with Gasteiger partial charge in [0.25, 0.3) is 0 Å². The normalized spacial score (nSPS) is 9.88. The Hall–Kier alpha value is -1.63. The van der Waals surface area contributed by atoms with Crippen LogP contribution < -0.4 is 5.73 Å². The Morgan fingerprint density at radius 3 is 2.47 bits per heavy atom. The van der Waals surface area contributed by atoms with Gasteiger partial charge < -0.3 is 5.73 Å². The third kappa shape index (κ3) is 2.55. The van der Waals surface area contributed by atoms with E-state index in [4.69, 9.17) is 22.6 Å². The van der Waals surface area contributed by atoms with Gasteiger partial charge in [-0.2, -0.15) is 5.26 Å². The summed E-state index contributed by atoms with van der Waals surface area (Å²) < 4.78 is 0. The molecule has 0 aliphatic rings. The minimum absolute atomic E-state index is 0.465. The molecule has 2 aromatic carbocycles. The van der Waals surface area contributed by atoms with E-state index in [9.17, 15) is 0 Å². The van der Waals surface area contributed by atoms with Crippen molar-refractivity contribution >= 4 is 29.1 Å². The van der Waals surface area contributed by atoms with Crippen molar-refractivity contribution in [3.05, 3.63) is 53.1 Å². The van der Waals surface area contributed by atoms with E-state index < -0.39 is 0 Å². The number of nitriles is 1. The number of rotatable bonds is 2. The molecule has 0 heterocycles. The Kier molecular flexibility index (Phi) is 3.58. The second kappa shape index (κ2) is 5.13. The second-order valence-corrected chi connectivity index (χ2v) is 4.86. The first-order valence-corrected chi connectivity index (χ1v) is 6.13. The highest BCUT2D eigenvalue weighted by molar-refractivity contribution is 7.99. The van der Waals surface area contributed by atoms with Crippen molar-refractivity contribution in [2.45, 2.75) is 9.79 Å². The van der Waals surface area contributed by atoms with Gasteiger partial charge >= 0.3 is 0 Å². The molecule has 0 radical (unpaired) electrons. The number of hydrogen-bond donors (Lipinski definition) is 1. The molecule has 0 fully saturated rings. The zero-order valence-electron chi connectivity index (χ0n) is 8.85. The molecule has 0 aromatic heterocycles. The summed E-state index contributed by atoms with van der Waals surface area (Å²) in [5.41, 5.74) is 7.05. The first-order chi connectivity index (χ1) is 8.22. The highest BCUT2D eigenvalue weighted by Crippen LogP contribution is 2.35. The Bertz CT molecular complexity index is 590. The summed E-state index contributed by atoms with van der Waals surface area (Å²) in [7, 11) is 0. The molecule has 2 nitrogen and oxygen atoms in total. The van der Waals surface area contributed by atoms with E-state index in [1.807, 2.05) is 36.4 Å². The second-order valence-electron chi connectivity index (χ2n) is 3.36. The van der Waals surface area contributed by atoms with Crippen LogP contribution in [0.3, 0.4) is 0 Å². The number of anilines is 1. The lowest BCUT2D eigenvalue weighted by molar-refractivity contribution is 1.35. The fourth-order valence-electron chi connectivity index (χ4n) is 1.39. The van der Waals surface area contributed by atoms with Gasteiger partial charge in [-0.25, -0.2) is 0 Å². The van der Waals surface area contributed by atoms with Crippen molar-refractivity contribution < 1.29 is 0 Å². The summed E-state index contributed by atoms with van der Waals surface area (Å²) in [6, 6.07) is 15.0. The van der Waals surface area contributed by atoms with Crippen molar-refractivity contribution in [1.29, 1.82) is 5.26 Å². The van der Waals surface area contributed by atoms with Gasteiger partial charge in [-0.05, 0) is 24.3 Å². The number of nitrogens with zero attached hydrogens (tertiary/aromatic N) is 1. The molecule has 0 saturated heterocycles. The van der Waals surface area contributed by atoms with Gasteiger partial charge in [0.2, 0.25) is 0 Å². The number of halogens is 1. The highest BCUT2D eigenvalue weighted by Gasteiger charge is 2.08. The van der Waals surface area contributed by atoms with Crippen LogP contribution >= 0.6 is 23.4 Å². The fourth-order valence-corrected chi connectivity index (χ4v) is 2.64. The molecule has 0 saturated carbocycles. The number of nitrogen functional groups attached to an aromatic ring is 1. The van der Waals surface area contributed by atoms with Crippen LogP contribution in [0.5, 0.6) is 0 Å². The van der Waals surface area contributed by atoms with Crippen LogP contribution in [-0.2, 0) is 0 Å². The number of hydrogen-bond acceptors (Lipinski definition) is 3. The molecule has 0 spiro atoms. The lowest BCUT2D eigenvalue weighted by Crippen LogP contribution is -1.88. The van der Waals surface area contributed by atoms with Crippen molar-refractivity contribution in [3.63, 3.8) is 0 Å². The predicted molar refractivity (Wildman–Crippen MR) is 71.1 cm³/mol. The summed E-state index contributed by atoms with van der Waals surface area (Å²) in [6.45, 7) is 0. The summed E-state index contributed by atoms with van der Waals surface area (Å²) >= 11 is 7.42. The molecule has 17 heavy (non-hydrogen) atoms. The highest BCUT2D eigenvalue weighted by atomic mass is 35.5. The molecule has 0 aliphatic heterocycles. The molecule has 2 aromatic rings. The molecule has 4 heteroatoms. The summed E-state index contributed by atoms with van der Waals surface area (Å²) in [5.74, 6) is 0. The molecule has 0 amide bonds. The summed E-state index contributed by atoms with van der Waals surface area (Å²) in [6.07, 6.45) is 0. The Morgan fingerprint density at radius 2 is 1.76 bits per heavy atom. The Morgan fingerprint density at radius 1 is 1.06 bits per heavy atom. The first kappa shape index (κ1) is 11.8. The zero-order chi connectivity index (χ0) is 12.3. The van der Waals surface area contributed by atoms with Crippen LogP contribution in [0.2, 0.25) is 5.02 Å². The number of para-hydroxylation sites is 1. The maximum absolute atomic E-state index is 9.07. The predicted octanol–water partition coefficient (Wildman–Crippen LogP) is 3.95.